The van der Waals surface area contributed by atoms with Gasteiger partial charge in [0.05, 0.1) is 12.7 Å². The topological polar surface area (TPSA) is 24.5 Å². The predicted molar refractivity (Wildman–Crippen MR) is 87.7 cm³/mol. The van der Waals surface area contributed by atoms with Gasteiger partial charge in [0.1, 0.15) is 5.75 Å². The van der Waals surface area contributed by atoms with Gasteiger partial charge >= 0.3 is 12.4 Å². The van der Waals surface area contributed by atoms with E-state index in [9.17, 15) is 26.3 Å². The zero-order valence-electron chi connectivity index (χ0n) is 14.1. The SMILES string of the molecule is COc1cc(C(F)(F)F)ccc1[C@H](CCC(F)(F)F)N1CCNCC1.Cl. The molecule has 0 aromatic heterocycles. The van der Waals surface area contributed by atoms with Crippen molar-refractivity contribution in [2.24, 2.45) is 0 Å². The summed E-state index contributed by atoms with van der Waals surface area (Å²) in [6, 6.07) is 2.31. The van der Waals surface area contributed by atoms with E-state index in [1.165, 1.54) is 13.2 Å². The number of nitrogens with zero attached hydrogens (tertiary/aromatic N) is 1. The molecule has 0 amide bonds. The Bertz CT molecular complexity index is 573. The van der Waals surface area contributed by atoms with Gasteiger partial charge in [-0.1, -0.05) is 6.07 Å². The van der Waals surface area contributed by atoms with Crippen LogP contribution in [0.3, 0.4) is 0 Å². The minimum absolute atomic E-state index is 0. The summed E-state index contributed by atoms with van der Waals surface area (Å²) >= 11 is 0. The Morgan fingerprint density at radius 2 is 1.73 bits per heavy atom. The molecule has 1 aliphatic heterocycles. The first-order valence-electron chi connectivity index (χ1n) is 7.88. The zero-order chi connectivity index (χ0) is 18.7. The first-order valence-corrected chi connectivity index (χ1v) is 7.88. The molecule has 26 heavy (non-hydrogen) atoms. The van der Waals surface area contributed by atoms with E-state index in [0.29, 0.717) is 31.7 Å². The maximum absolute atomic E-state index is 12.9. The summed E-state index contributed by atoms with van der Waals surface area (Å²) in [6.45, 7) is 2.27. The number of rotatable bonds is 5. The highest BCUT2D eigenvalue weighted by Gasteiger charge is 2.35. The molecule has 1 saturated heterocycles. The fourth-order valence-corrected chi connectivity index (χ4v) is 2.99. The number of benzene rings is 1. The first kappa shape index (κ1) is 22.9. The van der Waals surface area contributed by atoms with Gasteiger partial charge in [-0.2, -0.15) is 26.3 Å². The smallest absolute Gasteiger partial charge is 0.416 e. The first-order chi connectivity index (χ1) is 11.6. The van der Waals surface area contributed by atoms with E-state index in [1.54, 1.807) is 0 Å². The van der Waals surface area contributed by atoms with Crippen molar-refractivity contribution < 1.29 is 31.1 Å². The highest BCUT2D eigenvalue weighted by Crippen LogP contribution is 2.39. The summed E-state index contributed by atoms with van der Waals surface area (Å²) in [5.41, 5.74) is -0.537. The number of nitrogens with one attached hydrogen (secondary N) is 1. The van der Waals surface area contributed by atoms with Crippen molar-refractivity contribution in [3.63, 3.8) is 0 Å². The number of piperazine rings is 1. The van der Waals surface area contributed by atoms with Gasteiger partial charge in [-0.05, 0) is 18.6 Å². The van der Waals surface area contributed by atoms with Crippen LogP contribution in [0.4, 0.5) is 26.3 Å². The molecule has 0 saturated carbocycles. The average Bonchev–Trinajstić information content (AvgIpc) is 2.54. The Morgan fingerprint density at radius 3 is 2.23 bits per heavy atom. The van der Waals surface area contributed by atoms with Gasteiger partial charge in [0.2, 0.25) is 0 Å². The zero-order valence-corrected chi connectivity index (χ0v) is 14.9. The molecule has 1 fully saturated rings. The quantitative estimate of drug-likeness (QED) is 0.732. The molecule has 1 atom stereocenters. The molecule has 150 valence electrons. The van der Waals surface area contributed by atoms with Crippen molar-refractivity contribution in [1.29, 1.82) is 0 Å². The molecule has 2 rings (SSSR count). The second-order valence-corrected chi connectivity index (χ2v) is 5.91. The van der Waals surface area contributed by atoms with Crippen LogP contribution in [0.25, 0.3) is 0 Å². The number of hydrogen-bond acceptors (Lipinski definition) is 3. The Kier molecular flexibility index (Phi) is 8.04. The van der Waals surface area contributed by atoms with Gasteiger partial charge in [-0.25, -0.2) is 0 Å². The van der Waals surface area contributed by atoms with E-state index >= 15 is 0 Å². The van der Waals surface area contributed by atoms with Crippen molar-refractivity contribution in [3.8, 4) is 5.75 Å². The third-order valence-electron chi connectivity index (χ3n) is 4.21. The lowest BCUT2D eigenvalue weighted by Gasteiger charge is -2.36. The van der Waals surface area contributed by atoms with Gasteiger partial charge < -0.3 is 10.1 Å². The summed E-state index contributed by atoms with van der Waals surface area (Å²) in [5, 5.41) is 3.11. The van der Waals surface area contributed by atoms with E-state index in [2.05, 4.69) is 5.32 Å². The number of halogens is 7. The molecule has 0 aliphatic carbocycles. The third-order valence-corrected chi connectivity index (χ3v) is 4.21. The van der Waals surface area contributed by atoms with Crippen LogP contribution in [0, 0.1) is 0 Å². The molecule has 1 aromatic rings. The lowest BCUT2D eigenvalue weighted by atomic mass is 9.96. The highest BCUT2D eigenvalue weighted by atomic mass is 35.5. The van der Waals surface area contributed by atoms with Crippen LogP contribution in [0.15, 0.2) is 18.2 Å². The maximum Gasteiger partial charge on any atom is 0.416 e. The molecule has 3 nitrogen and oxygen atoms in total. The molecule has 0 unspecified atom stereocenters. The summed E-state index contributed by atoms with van der Waals surface area (Å²) in [4.78, 5) is 1.85. The molecule has 0 spiro atoms. The van der Waals surface area contributed by atoms with E-state index < -0.39 is 30.4 Å². The summed E-state index contributed by atoms with van der Waals surface area (Å²) in [7, 11) is 1.22. The normalized spacial score (nSPS) is 17.5. The number of alkyl halides is 6. The van der Waals surface area contributed by atoms with Crippen LogP contribution >= 0.6 is 12.4 Å². The number of methoxy groups -OCH3 is 1. The molecular weight excluding hydrogens is 386 g/mol. The lowest BCUT2D eigenvalue weighted by Crippen LogP contribution is -2.45. The van der Waals surface area contributed by atoms with Gasteiger partial charge in [-0.3, -0.25) is 4.90 Å². The number of ether oxygens (including phenoxy) is 1. The Hall–Kier alpha value is -1.19. The van der Waals surface area contributed by atoms with Gasteiger partial charge in [0, 0.05) is 44.2 Å². The Morgan fingerprint density at radius 1 is 1.12 bits per heavy atom. The fourth-order valence-electron chi connectivity index (χ4n) is 2.99. The second-order valence-electron chi connectivity index (χ2n) is 5.91. The largest absolute Gasteiger partial charge is 0.496 e. The van der Waals surface area contributed by atoms with Crippen LogP contribution in [0.2, 0.25) is 0 Å². The second kappa shape index (κ2) is 9.14. The molecule has 0 radical (unpaired) electrons. The van der Waals surface area contributed by atoms with Crippen LogP contribution in [-0.4, -0.2) is 44.4 Å². The van der Waals surface area contributed by atoms with Crippen LogP contribution in [0.1, 0.15) is 30.0 Å². The van der Waals surface area contributed by atoms with Crippen molar-refractivity contribution >= 4 is 12.4 Å². The summed E-state index contributed by atoms with van der Waals surface area (Å²) in [5.74, 6) is -0.0412. The molecule has 1 N–H and O–H groups in total. The Balaban J connectivity index is 0.00000338. The molecule has 1 aliphatic rings. The predicted octanol–water partition coefficient (Wildman–Crippen LogP) is 4.42. The Labute approximate surface area is 154 Å². The minimum Gasteiger partial charge on any atom is -0.496 e. The van der Waals surface area contributed by atoms with Gasteiger partial charge in [-0.15, -0.1) is 12.4 Å². The fraction of sp³-hybridized carbons (Fsp3) is 0.625. The van der Waals surface area contributed by atoms with Crippen LogP contribution in [-0.2, 0) is 6.18 Å². The molecule has 1 heterocycles. The number of hydrogen-bond donors (Lipinski definition) is 1. The van der Waals surface area contributed by atoms with Gasteiger partial charge in [0.15, 0.2) is 0 Å². The standard InChI is InChI=1S/C16H20F6N2O.ClH/c1-25-14-10-11(16(20,21)22)2-3-12(14)13(4-5-15(17,18)19)24-8-6-23-7-9-24;/h2-3,10,13,23H,4-9H2,1H3;1H/t13-;/m0./s1. The third kappa shape index (κ3) is 6.21. The summed E-state index contributed by atoms with van der Waals surface area (Å²) in [6.07, 6.45) is -10.1. The maximum atomic E-state index is 12.9. The molecular formula is C16H21ClF6N2O. The van der Waals surface area contributed by atoms with Crippen molar-refractivity contribution in [3.05, 3.63) is 29.3 Å². The molecule has 0 bridgehead atoms. The monoisotopic (exact) mass is 406 g/mol. The van der Waals surface area contributed by atoms with Crippen molar-refractivity contribution in [2.45, 2.75) is 31.2 Å². The van der Waals surface area contributed by atoms with E-state index in [0.717, 1.165) is 12.1 Å². The lowest BCUT2D eigenvalue weighted by molar-refractivity contribution is -0.138. The minimum atomic E-state index is -4.54. The van der Waals surface area contributed by atoms with Crippen LogP contribution < -0.4 is 10.1 Å². The van der Waals surface area contributed by atoms with E-state index in [4.69, 9.17) is 4.74 Å². The highest BCUT2D eigenvalue weighted by molar-refractivity contribution is 5.85. The average molecular weight is 407 g/mol. The van der Waals surface area contributed by atoms with Crippen molar-refractivity contribution in [1.82, 2.24) is 10.2 Å². The summed E-state index contributed by atoms with van der Waals surface area (Å²) < 4.78 is 81.8. The van der Waals surface area contributed by atoms with E-state index in [-0.39, 0.29) is 24.6 Å². The van der Waals surface area contributed by atoms with Gasteiger partial charge in [0.25, 0.3) is 0 Å². The van der Waals surface area contributed by atoms with E-state index in [1.807, 2.05) is 4.90 Å². The molecule has 10 heteroatoms. The van der Waals surface area contributed by atoms with Crippen LogP contribution in [0.5, 0.6) is 5.75 Å². The van der Waals surface area contributed by atoms with Crippen molar-refractivity contribution in [2.75, 3.05) is 33.3 Å². The molecule has 1 aromatic carbocycles.